The van der Waals surface area contributed by atoms with Crippen molar-refractivity contribution < 1.29 is 4.79 Å². The minimum atomic E-state index is 0.0789. The van der Waals surface area contributed by atoms with Crippen molar-refractivity contribution in [1.29, 1.82) is 0 Å². The lowest BCUT2D eigenvalue weighted by Crippen LogP contribution is -2.29. The first-order valence-electron chi connectivity index (χ1n) is 6.64. The number of aryl methyl sites for hydroxylation is 1. The predicted molar refractivity (Wildman–Crippen MR) is 75.2 cm³/mol. The SMILES string of the molecule is CCC(NC(=O)CCC(C)N)c1ccc(C)cc1. The highest BCUT2D eigenvalue weighted by molar-refractivity contribution is 5.76. The molecule has 0 saturated heterocycles. The van der Waals surface area contributed by atoms with Gasteiger partial charge in [-0.15, -0.1) is 0 Å². The molecule has 0 aromatic heterocycles. The summed E-state index contributed by atoms with van der Waals surface area (Å²) in [6, 6.07) is 8.49. The minimum absolute atomic E-state index is 0.0789. The van der Waals surface area contributed by atoms with Crippen LogP contribution in [0.1, 0.15) is 50.3 Å². The second-order valence-corrected chi connectivity index (χ2v) is 4.95. The van der Waals surface area contributed by atoms with E-state index in [9.17, 15) is 4.79 Å². The molecule has 0 aliphatic heterocycles. The molecule has 0 heterocycles. The zero-order valence-corrected chi connectivity index (χ0v) is 11.6. The lowest BCUT2D eigenvalue weighted by Gasteiger charge is -2.18. The van der Waals surface area contributed by atoms with Crippen LogP contribution in [0.4, 0.5) is 0 Å². The third kappa shape index (κ3) is 4.88. The van der Waals surface area contributed by atoms with E-state index in [1.165, 1.54) is 5.56 Å². The summed E-state index contributed by atoms with van der Waals surface area (Å²) in [7, 11) is 0. The highest BCUT2D eigenvalue weighted by Gasteiger charge is 2.12. The van der Waals surface area contributed by atoms with Crippen LogP contribution in [0.3, 0.4) is 0 Å². The molecule has 0 spiro atoms. The predicted octanol–water partition coefficient (Wildman–Crippen LogP) is 2.69. The number of hydrogen-bond acceptors (Lipinski definition) is 2. The Balaban J connectivity index is 2.56. The monoisotopic (exact) mass is 248 g/mol. The van der Waals surface area contributed by atoms with Gasteiger partial charge in [-0.25, -0.2) is 0 Å². The Bertz CT molecular complexity index is 371. The van der Waals surface area contributed by atoms with Crippen molar-refractivity contribution in [3.8, 4) is 0 Å². The molecule has 3 N–H and O–H groups in total. The molecule has 1 aromatic carbocycles. The first kappa shape index (κ1) is 14.7. The summed E-state index contributed by atoms with van der Waals surface area (Å²) >= 11 is 0. The highest BCUT2D eigenvalue weighted by Crippen LogP contribution is 2.17. The topological polar surface area (TPSA) is 55.1 Å². The number of rotatable bonds is 6. The molecule has 0 aliphatic carbocycles. The molecule has 3 heteroatoms. The van der Waals surface area contributed by atoms with Crippen molar-refractivity contribution in [2.75, 3.05) is 0 Å². The summed E-state index contributed by atoms with van der Waals surface area (Å²) in [5, 5.41) is 3.06. The van der Waals surface area contributed by atoms with Gasteiger partial charge in [0.1, 0.15) is 0 Å². The first-order chi connectivity index (χ1) is 8.52. The average Bonchev–Trinajstić information content (AvgIpc) is 2.34. The number of hydrogen-bond donors (Lipinski definition) is 2. The van der Waals surface area contributed by atoms with E-state index in [0.717, 1.165) is 18.4 Å². The fraction of sp³-hybridized carbons (Fsp3) is 0.533. The third-order valence-corrected chi connectivity index (χ3v) is 3.05. The molecule has 0 saturated carbocycles. The van der Waals surface area contributed by atoms with Crippen molar-refractivity contribution in [3.05, 3.63) is 35.4 Å². The fourth-order valence-corrected chi connectivity index (χ4v) is 1.85. The van der Waals surface area contributed by atoms with Crippen LogP contribution >= 0.6 is 0 Å². The van der Waals surface area contributed by atoms with E-state index in [4.69, 9.17) is 5.73 Å². The Morgan fingerprint density at radius 2 is 1.94 bits per heavy atom. The Hall–Kier alpha value is -1.35. The van der Waals surface area contributed by atoms with Gasteiger partial charge in [-0.3, -0.25) is 4.79 Å². The normalized spacial score (nSPS) is 14.0. The van der Waals surface area contributed by atoms with E-state index < -0.39 is 0 Å². The molecule has 18 heavy (non-hydrogen) atoms. The van der Waals surface area contributed by atoms with Crippen LogP contribution in [0, 0.1) is 6.92 Å². The number of benzene rings is 1. The molecule has 2 unspecified atom stereocenters. The molecule has 0 bridgehead atoms. The van der Waals surface area contributed by atoms with E-state index in [-0.39, 0.29) is 18.0 Å². The molecule has 3 nitrogen and oxygen atoms in total. The molecule has 1 rings (SSSR count). The van der Waals surface area contributed by atoms with Crippen molar-refractivity contribution in [1.82, 2.24) is 5.32 Å². The summed E-state index contributed by atoms with van der Waals surface area (Å²) in [6.07, 6.45) is 2.13. The molecule has 2 atom stereocenters. The van der Waals surface area contributed by atoms with Crippen molar-refractivity contribution in [2.45, 2.75) is 52.1 Å². The van der Waals surface area contributed by atoms with Crippen LogP contribution in [0.15, 0.2) is 24.3 Å². The van der Waals surface area contributed by atoms with Gasteiger partial charge in [0, 0.05) is 12.5 Å². The lowest BCUT2D eigenvalue weighted by molar-refractivity contribution is -0.122. The van der Waals surface area contributed by atoms with Gasteiger partial charge >= 0.3 is 0 Å². The number of nitrogens with two attached hydrogens (primary N) is 1. The zero-order valence-electron chi connectivity index (χ0n) is 11.6. The van der Waals surface area contributed by atoms with Crippen molar-refractivity contribution >= 4 is 5.91 Å². The lowest BCUT2D eigenvalue weighted by atomic mass is 10.0. The molecular weight excluding hydrogens is 224 g/mol. The van der Waals surface area contributed by atoms with Crippen LogP contribution in [0.5, 0.6) is 0 Å². The molecular formula is C15H24N2O. The van der Waals surface area contributed by atoms with E-state index in [1.807, 2.05) is 6.92 Å². The maximum Gasteiger partial charge on any atom is 0.220 e. The van der Waals surface area contributed by atoms with Gasteiger partial charge < -0.3 is 11.1 Å². The largest absolute Gasteiger partial charge is 0.349 e. The number of amides is 1. The Morgan fingerprint density at radius 1 is 1.33 bits per heavy atom. The van der Waals surface area contributed by atoms with Gasteiger partial charge in [-0.1, -0.05) is 36.8 Å². The van der Waals surface area contributed by atoms with Gasteiger partial charge in [0.05, 0.1) is 6.04 Å². The van der Waals surface area contributed by atoms with E-state index in [1.54, 1.807) is 0 Å². The second-order valence-electron chi connectivity index (χ2n) is 4.95. The van der Waals surface area contributed by atoms with E-state index >= 15 is 0 Å². The van der Waals surface area contributed by atoms with Gasteiger partial charge in [0.15, 0.2) is 0 Å². The maximum atomic E-state index is 11.8. The summed E-state index contributed by atoms with van der Waals surface area (Å²) in [4.78, 5) is 11.8. The standard InChI is InChI=1S/C15H24N2O/c1-4-14(13-8-5-11(2)6-9-13)17-15(18)10-7-12(3)16/h5-6,8-9,12,14H,4,7,10,16H2,1-3H3,(H,17,18). The summed E-state index contributed by atoms with van der Waals surface area (Å²) in [5.74, 6) is 0.0831. The summed E-state index contributed by atoms with van der Waals surface area (Å²) < 4.78 is 0. The second kappa shape index (κ2) is 7.17. The fourth-order valence-electron chi connectivity index (χ4n) is 1.85. The third-order valence-electron chi connectivity index (χ3n) is 3.05. The minimum Gasteiger partial charge on any atom is -0.349 e. The van der Waals surface area contributed by atoms with Crippen molar-refractivity contribution in [3.63, 3.8) is 0 Å². The van der Waals surface area contributed by atoms with Gasteiger partial charge in [0.25, 0.3) is 0 Å². The van der Waals surface area contributed by atoms with Crippen LogP contribution < -0.4 is 11.1 Å². The molecule has 0 aliphatic rings. The smallest absolute Gasteiger partial charge is 0.220 e. The van der Waals surface area contributed by atoms with Crippen molar-refractivity contribution in [2.24, 2.45) is 5.73 Å². The average molecular weight is 248 g/mol. The first-order valence-corrected chi connectivity index (χ1v) is 6.64. The van der Waals surface area contributed by atoms with Crippen LogP contribution in [-0.2, 0) is 4.79 Å². The van der Waals surface area contributed by atoms with Gasteiger partial charge in [-0.2, -0.15) is 0 Å². The van der Waals surface area contributed by atoms with Crippen LogP contribution in [0.2, 0.25) is 0 Å². The summed E-state index contributed by atoms with van der Waals surface area (Å²) in [6.45, 7) is 6.06. The molecule has 100 valence electrons. The van der Waals surface area contributed by atoms with Crippen LogP contribution in [0.25, 0.3) is 0 Å². The Labute approximate surface area is 110 Å². The molecule has 1 aromatic rings. The number of carbonyl (C=O) groups is 1. The zero-order chi connectivity index (χ0) is 13.5. The highest BCUT2D eigenvalue weighted by atomic mass is 16.1. The number of carbonyl (C=O) groups excluding carboxylic acids is 1. The van der Waals surface area contributed by atoms with Gasteiger partial charge in [0.2, 0.25) is 5.91 Å². The van der Waals surface area contributed by atoms with Crippen LogP contribution in [-0.4, -0.2) is 11.9 Å². The molecule has 0 radical (unpaired) electrons. The molecule has 0 fully saturated rings. The van der Waals surface area contributed by atoms with E-state index in [2.05, 4.69) is 43.4 Å². The number of nitrogens with one attached hydrogen (secondary N) is 1. The molecule has 1 amide bonds. The Morgan fingerprint density at radius 3 is 2.44 bits per heavy atom. The maximum absolute atomic E-state index is 11.8. The Kier molecular flexibility index (Phi) is 5.86. The van der Waals surface area contributed by atoms with Gasteiger partial charge in [-0.05, 0) is 32.3 Å². The van der Waals surface area contributed by atoms with E-state index in [0.29, 0.717) is 6.42 Å². The quantitative estimate of drug-likeness (QED) is 0.813. The summed E-state index contributed by atoms with van der Waals surface area (Å²) in [5.41, 5.74) is 8.05.